The van der Waals surface area contributed by atoms with Gasteiger partial charge in [0.2, 0.25) is 0 Å². The molecule has 0 nitrogen and oxygen atoms in total. The first kappa shape index (κ1) is 20.0. The minimum atomic E-state index is 1.02. The molecule has 0 N–H and O–H groups in total. The summed E-state index contributed by atoms with van der Waals surface area (Å²) in [6, 6.07) is 0. The zero-order chi connectivity index (χ0) is 15.1. The fourth-order valence-corrected chi connectivity index (χ4v) is 3.65. The van der Waals surface area contributed by atoms with Gasteiger partial charge in [-0.1, -0.05) is 118 Å². The quantitative estimate of drug-likeness (QED) is 0.269. The fourth-order valence-electron chi connectivity index (χ4n) is 3.65. The Morgan fingerprint density at radius 1 is 0.400 bits per heavy atom. The van der Waals surface area contributed by atoms with Crippen LogP contribution >= 0.6 is 0 Å². The summed E-state index contributed by atoms with van der Waals surface area (Å²) in [4.78, 5) is 0. The number of unbranched alkanes of at least 4 members (excludes halogenated alkanes) is 3. The maximum atomic E-state index is 2.36. The summed E-state index contributed by atoms with van der Waals surface area (Å²) in [6.45, 7) is 9.35. The van der Waals surface area contributed by atoms with Crippen LogP contribution in [0.2, 0.25) is 0 Å². The number of hydrogen-bond donors (Lipinski definition) is 0. The summed E-state index contributed by atoms with van der Waals surface area (Å²) in [5.41, 5.74) is 0. The first-order valence-electron chi connectivity index (χ1n) is 9.78. The Bertz CT molecular complexity index is 167. The summed E-state index contributed by atoms with van der Waals surface area (Å²) in [7, 11) is 0. The third kappa shape index (κ3) is 11.8. The predicted molar refractivity (Wildman–Crippen MR) is 94.3 cm³/mol. The van der Waals surface area contributed by atoms with Crippen molar-refractivity contribution in [3.8, 4) is 0 Å². The van der Waals surface area contributed by atoms with Gasteiger partial charge in [0, 0.05) is 0 Å². The molecule has 0 aliphatic carbocycles. The lowest BCUT2D eigenvalue weighted by Gasteiger charge is -2.19. The van der Waals surface area contributed by atoms with Crippen molar-refractivity contribution in [2.24, 2.45) is 11.8 Å². The Labute approximate surface area is 130 Å². The number of rotatable bonds is 15. The van der Waals surface area contributed by atoms with Crippen LogP contribution in [-0.4, -0.2) is 0 Å². The van der Waals surface area contributed by atoms with Gasteiger partial charge >= 0.3 is 0 Å². The van der Waals surface area contributed by atoms with Crippen LogP contribution in [0.25, 0.3) is 0 Å². The van der Waals surface area contributed by atoms with E-state index in [0.717, 1.165) is 11.8 Å². The zero-order valence-electron chi connectivity index (χ0n) is 15.1. The highest BCUT2D eigenvalue weighted by Gasteiger charge is 2.10. The third-order valence-corrected chi connectivity index (χ3v) is 4.78. The minimum absolute atomic E-state index is 1.02. The molecule has 122 valence electrons. The highest BCUT2D eigenvalue weighted by Crippen LogP contribution is 2.26. The molecule has 0 fully saturated rings. The second-order valence-electron chi connectivity index (χ2n) is 6.88. The van der Waals surface area contributed by atoms with Crippen LogP contribution < -0.4 is 0 Å². The lowest BCUT2D eigenvalue weighted by molar-refractivity contribution is 0.341. The van der Waals surface area contributed by atoms with Crippen molar-refractivity contribution in [3.63, 3.8) is 0 Å². The molecule has 0 radical (unpaired) electrons. The molecular weight excluding hydrogens is 240 g/mol. The van der Waals surface area contributed by atoms with Gasteiger partial charge in [-0.3, -0.25) is 0 Å². The molecule has 0 heterocycles. The normalized spacial score (nSPS) is 13.1. The van der Waals surface area contributed by atoms with E-state index in [0.29, 0.717) is 0 Å². The summed E-state index contributed by atoms with van der Waals surface area (Å²) in [6.07, 6.45) is 20.3. The summed E-state index contributed by atoms with van der Waals surface area (Å²) >= 11 is 0. The molecule has 0 aromatic carbocycles. The van der Waals surface area contributed by atoms with Crippen LogP contribution in [-0.2, 0) is 0 Å². The Kier molecular flexibility index (Phi) is 15.4. The van der Waals surface area contributed by atoms with Crippen LogP contribution in [0.5, 0.6) is 0 Å². The first-order valence-corrected chi connectivity index (χ1v) is 9.78. The van der Waals surface area contributed by atoms with E-state index in [4.69, 9.17) is 0 Å². The van der Waals surface area contributed by atoms with Gasteiger partial charge in [-0.15, -0.1) is 0 Å². The smallest absolute Gasteiger partial charge is 0.0414 e. The van der Waals surface area contributed by atoms with E-state index < -0.39 is 0 Å². The van der Waals surface area contributed by atoms with E-state index >= 15 is 0 Å². The van der Waals surface area contributed by atoms with Gasteiger partial charge in [-0.2, -0.15) is 0 Å². The Balaban J connectivity index is 3.81. The van der Waals surface area contributed by atoms with Crippen molar-refractivity contribution in [3.05, 3.63) is 0 Å². The molecule has 0 aromatic heterocycles. The van der Waals surface area contributed by atoms with Crippen LogP contribution in [0.1, 0.15) is 118 Å². The summed E-state index contributed by atoms with van der Waals surface area (Å²) < 4.78 is 0. The second-order valence-corrected chi connectivity index (χ2v) is 6.88. The number of hydrogen-bond acceptors (Lipinski definition) is 0. The van der Waals surface area contributed by atoms with Crippen molar-refractivity contribution in [1.29, 1.82) is 0 Å². The molecule has 0 aromatic rings. The third-order valence-electron chi connectivity index (χ3n) is 4.78. The Morgan fingerprint density at radius 2 is 0.850 bits per heavy atom. The van der Waals surface area contributed by atoms with E-state index in [9.17, 15) is 0 Å². The first-order chi connectivity index (χ1) is 9.78. The standard InChI is InChI=1S/C20H42/c1-5-9-10-11-16-20(15-8-4)18-12-17-19(13-6-2)14-7-3/h19-20H,5-18H2,1-4H3. The Morgan fingerprint density at radius 3 is 1.30 bits per heavy atom. The van der Waals surface area contributed by atoms with Gasteiger partial charge in [0.1, 0.15) is 0 Å². The topological polar surface area (TPSA) is 0 Å². The lowest BCUT2D eigenvalue weighted by atomic mass is 9.87. The largest absolute Gasteiger partial charge is 0.0654 e. The molecule has 0 bridgehead atoms. The monoisotopic (exact) mass is 282 g/mol. The molecule has 0 aliphatic heterocycles. The molecule has 20 heavy (non-hydrogen) atoms. The van der Waals surface area contributed by atoms with Gasteiger partial charge in [-0.25, -0.2) is 0 Å². The average molecular weight is 283 g/mol. The van der Waals surface area contributed by atoms with Crippen LogP contribution in [0.4, 0.5) is 0 Å². The second kappa shape index (κ2) is 15.4. The van der Waals surface area contributed by atoms with Crippen molar-refractivity contribution >= 4 is 0 Å². The molecule has 0 amide bonds. The maximum absolute atomic E-state index is 2.36. The van der Waals surface area contributed by atoms with Crippen molar-refractivity contribution in [1.82, 2.24) is 0 Å². The van der Waals surface area contributed by atoms with Crippen molar-refractivity contribution < 1.29 is 0 Å². The SMILES string of the molecule is CCCCCCC(CCC)CCCC(CCC)CCC. The van der Waals surface area contributed by atoms with Crippen LogP contribution in [0.3, 0.4) is 0 Å². The summed E-state index contributed by atoms with van der Waals surface area (Å²) in [5.74, 6) is 2.05. The van der Waals surface area contributed by atoms with E-state index in [1.807, 2.05) is 0 Å². The van der Waals surface area contributed by atoms with Crippen molar-refractivity contribution in [2.45, 2.75) is 118 Å². The van der Waals surface area contributed by atoms with Gasteiger partial charge < -0.3 is 0 Å². The predicted octanol–water partition coefficient (Wildman–Crippen LogP) is 7.76. The molecular formula is C20H42. The highest BCUT2D eigenvalue weighted by atomic mass is 14.2. The van der Waals surface area contributed by atoms with Gasteiger partial charge in [0.05, 0.1) is 0 Å². The zero-order valence-corrected chi connectivity index (χ0v) is 15.1. The highest BCUT2D eigenvalue weighted by molar-refractivity contribution is 4.64. The van der Waals surface area contributed by atoms with E-state index in [-0.39, 0.29) is 0 Å². The van der Waals surface area contributed by atoms with Gasteiger partial charge in [0.15, 0.2) is 0 Å². The molecule has 0 aliphatic rings. The molecule has 0 saturated heterocycles. The van der Waals surface area contributed by atoms with E-state index in [2.05, 4.69) is 27.7 Å². The van der Waals surface area contributed by atoms with Crippen molar-refractivity contribution in [2.75, 3.05) is 0 Å². The fraction of sp³-hybridized carbons (Fsp3) is 1.00. The molecule has 1 unspecified atom stereocenters. The molecule has 0 spiro atoms. The van der Waals surface area contributed by atoms with Crippen LogP contribution in [0, 0.1) is 11.8 Å². The maximum Gasteiger partial charge on any atom is -0.0414 e. The van der Waals surface area contributed by atoms with E-state index in [1.165, 1.54) is 89.9 Å². The Hall–Kier alpha value is 0. The van der Waals surface area contributed by atoms with E-state index in [1.54, 1.807) is 0 Å². The molecule has 0 saturated carbocycles. The van der Waals surface area contributed by atoms with Gasteiger partial charge in [0.25, 0.3) is 0 Å². The molecule has 1 atom stereocenters. The van der Waals surface area contributed by atoms with Crippen LogP contribution in [0.15, 0.2) is 0 Å². The minimum Gasteiger partial charge on any atom is -0.0654 e. The van der Waals surface area contributed by atoms with Gasteiger partial charge in [-0.05, 0) is 11.8 Å². The molecule has 0 heteroatoms. The molecule has 0 rings (SSSR count). The summed E-state index contributed by atoms with van der Waals surface area (Å²) in [5, 5.41) is 0. The average Bonchev–Trinajstić information content (AvgIpc) is 2.44. The lowest BCUT2D eigenvalue weighted by Crippen LogP contribution is -2.04.